The summed E-state index contributed by atoms with van der Waals surface area (Å²) in [4.78, 5) is 22.3. The Hall–Kier alpha value is -3.02. The third-order valence-electron chi connectivity index (χ3n) is 2.60. The van der Waals surface area contributed by atoms with Crippen LogP contribution >= 0.6 is 0 Å². The topological polar surface area (TPSA) is 87.7 Å². The zero-order chi connectivity index (χ0) is 15.1. The Morgan fingerprint density at radius 3 is 2.29 bits per heavy atom. The van der Waals surface area contributed by atoms with E-state index < -0.39 is 12.0 Å². The molecule has 6 nitrogen and oxygen atoms in total. The number of hydrogen-bond donors (Lipinski definition) is 3. The van der Waals surface area contributed by atoms with Gasteiger partial charge in [0.05, 0.1) is 5.56 Å². The number of hydrogen-bond acceptors (Lipinski definition) is 3. The molecule has 0 aliphatic rings. The Morgan fingerprint density at radius 1 is 1.00 bits per heavy atom. The van der Waals surface area contributed by atoms with Crippen LogP contribution in [0.25, 0.3) is 0 Å². The highest BCUT2D eigenvalue weighted by atomic mass is 16.5. The molecule has 0 saturated carbocycles. The Labute approximate surface area is 121 Å². The first-order chi connectivity index (χ1) is 10.1. The molecular weight excluding hydrogens is 272 g/mol. The number of carbonyl (C=O) groups excluding carboxylic acids is 1. The normalized spacial score (nSPS) is 9.71. The van der Waals surface area contributed by atoms with Crippen molar-refractivity contribution in [2.24, 2.45) is 0 Å². The summed E-state index contributed by atoms with van der Waals surface area (Å²) in [5.41, 5.74) is 0.658. The van der Waals surface area contributed by atoms with Crippen LogP contribution in [-0.4, -0.2) is 23.8 Å². The molecule has 2 aromatic rings. The number of carboxylic acids is 1. The van der Waals surface area contributed by atoms with Crippen LogP contribution in [0.15, 0.2) is 54.6 Å². The minimum atomic E-state index is -1.01. The summed E-state index contributed by atoms with van der Waals surface area (Å²) in [6.07, 6.45) is 0. The van der Waals surface area contributed by atoms with Crippen molar-refractivity contribution in [1.29, 1.82) is 0 Å². The van der Waals surface area contributed by atoms with Crippen LogP contribution in [0.1, 0.15) is 10.4 Å². The smallest absolute Gasteiger partial charge is 0.335 e. The van der Waals surface area contributed by atoms with Crippen molar-refractivity contribution >= 4 is 17.7 Å². The fraction of sp³-hybridized carbons (Fsp3) is 0.0667. The summed E-state index contributed by atoms with van der Waals surface area (Å²) in [7, 11) is 0. The van der Waals surface area contributed by atoms with Crippen molar-refractivity contribution < 1.29 is 19.4 Å². The Balaban J connectivity index is 1.78. The Kier molecular flexibility index (Phi) is 4.76. The number of nitrogens with one attached hydrogen (secondary N) is 2. The van der Waals surface area contributed by atoms with Crippen LogP contribution in [0.4, 0.5) is 10.5 Å². The van der Waals surface area contributed by atoms with Gasteiger partial charge in [0, 0.05) is 5.69 Å². The Morgan fingerprint density at radius 2 is 1.67 bits per heavy atom. The van der Waals surface area contributed by atoms with E-state index in [2.05, 4.69) is 10.6 Å². The van der Waals surface area contributed by atoms with Crippen LogP contribution in [-0.2, 0) is 0 Å². The second-order valence-corrected chi connectivity index (χ2v) is 4.12. The molecule has 0 radical (unpaired) electrons. The summed E-state index contributed by atoms with van der Waals surface area (Å²) in [6, 6.07) is 14.5. The van der Waals surface area contributed by atoms with Gasteiger partial charge in [-0.05, 0) is 36.4 Å². The maximum atomic E-state index is 11.6. The third kappa shape index (κ3) is 4.54. The van der Waals surface area contributed by atoms with Gasteiger partial charge in [0.2, 0.25) is 0 Å². The monoisotopic (exact) mass is 286 g/mol. The number of urea groups is 1. The number of carboxylic acid groups (broad SMARTS) is 1. The quantitative estimate of drug-likeness (QED) is 0.737. The molecule has 0 aromatic heterocycles. The van der Waals surface area contributed by atoms with Crippen LogP contribution in [0.2, 0.25) is 0 Å². The van der Waals surface area contributed by atoms with E-state index in [0.717, 1.165) is 0 Å². The minimum Gasteiger partial charge on any atom is -0.478 e. The van der Waals surface area contributed by atoms with E-state index in [1.54, 1.807) is 12.1 Å². The first-order valence-electron chi connectivity index (χ1n) is 6.21. The molecule has 108 valence electrons. The highest BCUT2D eigenvalue weighted by molar-refractivity contribution is 5.91. The van der Waals surface area contributed by atoms with Gasteiger partial charge in [0.25, 0.3) is 0 Å². The molecule has 6 heteroatoms. The molecule has 0 atom stereocenters. The molecule has 2 aromatic carbocycles. The summed E-state index contributed by atoms with van der Waals surface area (Å²) in [5, 5.41) is 13.9. The lowest BCUT2D eigenvalue weighted by Gasteiger charge is -2.09. The van der Waals surface area contributed by atoms with Crippen molar-refractivity contribution in [2.75, 3.05) is 12.0 Å². The zero-order valence-corrected chi connectivity index (χ0v) is 11.1. The number of aromatic carboxylic acids is 1. The van der Waals surface area contributed by atoms with Crippen molar-refractivity contribution in [3.05, 3.63) is 60.2 Å². The first kappa shape index (κ1) is 14.4. The van der Waals surface area contributed by atoms with Crippen LogP contribution in [0, 0.1) is 0 Å². The number of rotatable bonds is 5. The molecule has 0 saturated heterocycles. The lowest BCUT2D eigenvalue weighted by Crippen LogP contribution is -2.31. The zero-order valence-electron chi connectivity index (χ0n) is 11.1. The molecule has 0 bridgehead atoms. The summed E-state index contributed by atoms with van der Waals surface area (Å²) < 4.78 is 5.32. The van der Waals surface area contributed by atoms with Crippen molar-refractivity contribution in [3.63, 3.8) is 0 Å². The van der Waals surface area contributed by atoms with Gasteiger partial charge >= 0.3 is 12.0 Å². The van der Waals surface area contributed by atoms with Gasteiger partial charge in [0.15, 0.2) is 6.73 Å². The minimum absolute atomic E-state index is 0.0308. The predicted octanol–water partition coefficient (Wildman–Crippen LogP) is 2.54. The highest BCUT2D eigenvalue weighted by Gasteiger charge is 2.04. The second-order valence-electron chi connectivity index (χ2n) is 4.12. The van der Waals surface area contributed by atoms with Gasteiger partial charge in [-0.3, -0.25) is 0 Å². The van der Waals surface area contributed by atoms with E-state index in [1.807, 2.05) is 18.2 Å². The maximum Gasteiger partial charge on any atom is 0.335 e. The number of anilines is 1. The molecule has 0 unspecified atom stereocenters. The highest BCUT2D eigenvalue weighted by Crippen LogP contribution is 2.09. The molecule has 2 amide bonds. The summed E-state index contributed by atoms with van der Waals surface area (Å²) >= 11 is 0. The van der Waals surface area contributed by atoms with Crippen LogP contribution in [0.3, 0.4) is 0 Å². The van der Waals surface area contributed by atoms with E-state index >= 15 is 0 Å². The van der Waals surface area contributed by atoms with Crippen molar-refractivity contribution in [3.8, 4) is 5.75 Å². The fourth-order valence-corrected chi connectivity index (χ4v) is 1.57. The molecule has 0 fully saturated rings. The molecular formula is C15H14N2O4. The number of carbonyl (C=O) groups is 2. The van der Waals surface area contributed by atoms with Gasteiger partial charge in [-0.25, -0.2) is 9.59 Å². The van der Waals surface area contributed by atoms with Crippen LogP contribution in [0.5, 0.6) is 5.75 Å². The number of benzene rings is 2. The lowest BCUT2D eigenvalue weighted by atomic mass is 10.2. The van der Waals surface area contributed by atoms with Gasteiger partial charge in [0.1, 0.15) is 5.75 Å². The third-order valence-corrected chi connectivity index (χ3v) is 2.60. The number of amides is 2. The van der Waals surface area contributed by atoms with E-state index in [1.165, 1.54) is 24.3 Å². The molecule has 0 aliphatic heterocycles. The SMILES string of the molecule is O=C(NCOc1ccccc1)Nc1ccc(C(=O)O)cc1. The summed E-state index contributed by atoms with van der Waals surface area (Å²) in [6.45, 7) is 0.0308. The molecule has 0 aliphatic carbocycles. The average Bonchev–Trinajstić information content (AvgIpc) is 2.49. The second kappa shape index (κ2) is 6.95. The molecule has 2 rings (SSSR count). The maximum absolute atomic E-state index is 11.6. The number of ether oxygens (including phenoxy) is 1. The average molecular weight is 286 g/mol. The number of para-hydroxylation sites is 1. The van der Waals surface area contributed by atoms with E-state index in [-0.39, 0.29) is 12.3 Å². The van der Waals surface area contributed by atoms with Gasteiger partial charge in [-0.1, -0.05) is 18.2 Å². The first-order valence-corrected chi connectivity index (χ1v) is 6.21. The van der Waals surface area contributed by atoms with E-state index in [4.69, 9.17) is 9.84 Å². The standard InChI is InChI=1S/C15H14N2O4/c18-14(19)11-6-8-12(9-7-11)17-15(20)16-10-21-13-4-2-1-3-5-13/h1-9H,10H2,(H,18,19)(H2,16,17,20). The Bertz CT molecular complexity index is 611. The largest absolute Gasteiger partial charge is 0.478 e. The van der Waals surface area contributed by atoms with Crippen molar-refractivity contribution in [2.45, 2.75) is 0 Å². The van der Waals surface area contributed by atoms with Crippen LogP contribution < -0.4 is 15.4 Å². The molecule has 0 heterocycles. The predicted molar refractivity (Wildman–Crippen MR) is 77.5 cm³/mol. The molecule has 3 N–H and O–H groups in total. The van der Waals surface area contributed by atoms with Gasteiger partial charge in [-0.2, -0.15) is 0 Å². The lowest BCUT2D eigenvalue weighted by molar-refractivity contribution is 0.0697. The van der Waals surface area contributed by atoms with Gasteiger partial charge in [-0.15, -0.1) is 0 Å². The van der Waals surface area contributed by atoms with Gasteiger partial charge < -0.3 is 20.5 Å². The van der Waals surface area contributed by atoms with Crippen molar-refractivity contribution in [1.82, 2.24) is 5.32 Å². The van der Waals surface area contributed by atoms with E-state index in [9.17, 15) is 9.59 Å². The summed E-state index contributed by atoms with van der Waals surface area (Å²) in [5.74, 6) is -0.356. The fourth-order valence-electron chi connectivity index (χ4n) is 1.57. The molecule has 21 heavy (non-hydrogen) atoms. The molecule has 0 spiro atoms. The van der Waals surface area contributed by atoms with E-state index in [0.29, 0.717) is 11.4 Å².